The highest BCUT2D eigenvalue weighted by molar-refractivity contribution is 6.39. The standard InChI is InChI=1S/C25H40FN3O/c1-7-9-10-15-29-22(19-13-11-14-20(26)16-19)17-21(28-29)24(30)27-23(12-8-2)25(5,6)18(3)4/h11,13-14,16,18,22-23H,7-10,12,15,17H2,1-6H3,(H,27,30)/t22?,23-/m0/s1. The minimum absolute atomic E-state index is 0.00634. The molecule has 0 fully saturated rings. The molecule has 1 aromatic carbocycles. The van der Waals surface area contributed by atoms with Crippen molar-refractivity contribution in [2.75, 3.05) is 6.54 Å². The Hall–Kier alpha value is -1.91. The smallest absolute Gasteiger partial charge is 0.267 e. The molecular weight excluding hydrogens is 377 g/mol. The Morgan fingerprint density at radius 3 is 2.60 bits per heavy atom. The van der Waals surface area contributed by atoms with E-state index >= 15 is 0 Å². The summed E-state index contributed by atoms with van der Waals surface area (Å²) in [4.78, 5) is 13.2. The van der Waals surface area contributed by atoms with Gasteiger partial charge >= 0.3 is 0 Å². The molecule has 1 aliphatic rings. The molecule has 0 spiro atoms. The van der Waals surface area contributed by atoms with Crippen molar-refractivity contribution in [1.82, 2.24) is 10.3 Å². The Labute approximate surface area is 182 Å². The van der Waals surface area contributed by atoms with Crippen molar-refractivity contribution in [1.29, 1.82) is 0 Å². The van der Waals surface area contributed by atoms with E-state index in [0.717, 1.165) is 44.2 Å². The van der Waals surface area contributed by atoms with Gasteiger partial charge in [0, 0.05) is 19.0 Å². The first-order valence-electron chi connectivity index (χ1n) is 11.6. The van der Waals surface area contributed by atoms with Crippen molar-refractivity contribution in [3.05, 3.63) is 35.6 Å². The lowest BCUT2D eigenvalue weighted by Crippen LogP contribution is -2.49. The fourth-order valence-electron chi connectivity index (χ4n) is 3.99. The zero-order chi connectivity index (χ0) is 22.3. The van der Waals surface area contributed by atoms with E-state index in [1.165, 1.54) is 6.07 Å². The van der Waals surface area contributed by atoms with Gasteiger partial charge in [-0.05, 0) is 41.9 Å². The molecule has 5 heteroatoms. The van der Waals surface area contributed by atoms with Gasteiger partial charge in [-0.1, -0.05) is 72.9 Å². The van der Waals surface area contributed by atoms with Crippen LogP contribution in [0.3, 0.4) is 0 Å². The molecule has 1 aliphatic heterocycles. The Bertz CT molecular complexity index is 729. The summed E-state index contributed by atoms with van der Waals surface area (Å²) < 4.78 is 13.8. The lowest BCUT2D eigenvalue weighted by atomic mass is 9.73. The van der Waals surface area contributed by atoms with Crippen LogP contribution in [-0.4, -0.2) is 29.2 Å². The number of unbranched alkanes of at least 4 members (excludes halogenated alkanes) is 2. The number of hydrogen-bond acceptors (Lipinski definition) is 3. The Balaban J connectivity index is 2.19. The molecule has 0 aliphatic carbocycles. The summed E-state index contributed by atoms with van der Waals surface area (Å²) in [6.07, 6.45) is 5.73. The van der Waals surface area contributed by atoms with Crippen LogP contribution in [0.2, 0.25) is 0 Å². The Morgan fingerprint density at radius 2 is 2.00 bits per heavy atom. The first-order chi connectivity index (χ1) is 14.2. The monoisotopic (exact) mass is 417 g/mol. The number of nitrogens with zero attached hydrogens (tertiary/aromatic N) is 2. The highest BCUT2D eigenvalue weighted by Gasteiger charge is 2.36. The van der Waals surface area contributed by atoms with Crippen LogP contribution < -0.4 is 5.32 Å². The summed E-state index contributed by atoms with van der Waals surface area (Å²) in [5, 5.41) is 9.97. The van der Waals surface area contributed by atoms with Gasteiger partial charge in [-0.2, -0.15) is 5.10 Å². The van der Waals surface area contributed by atoms with E-state index in [-0.39, 0.29) is 29.2 Å². The molecule has 1 N–H and O–H groups in total. The summed E-state index contributed by atoms with van der Waals surface area (Å²) in [5.74, 6) is 0.118. The number of carbonyl (C=O) groups excluding carboxylic acids is 1. The van der Waals surface area contributed by atoms with Gasteiger partial charge in [0.15, 0.2) is 0 Å². The maximum Gasteiger partial charge on any atom is 0.267 e. The average molecular weight is 418 g/mol. The van der Waals surface area contributed by atoms with Gasteiger partial charge in [-0.3, -0.25) is 9.80 Å². The molecule has 0 radical (unpaired) electrons. The third kappa shape index (κ3) is 6.05. The van der Waals surface area contributed by atoms with E-state index in [0.29, 0.717) is 18.1 Å². The number of amides is 1. The molecule has 30 heavy (non-hydrogen) atoms. The predicted molar refractivity (Wildman–Crippen MR) is 123 cm³/mol. The molecular formula is C25H40FN3O. The van der Waals surface area contributed by atoms with Gasteiger partial charge in [-0.15, -0.1) is 0 Å². The van der Waals surface area contributed by atoms with Crippen molar-refractivity contribution >= 4 is 11.6 Å². The molecule has 1 unspecified atom stereocenters. The zero-order valence-electron chi connectivity index (χ0n) is 19.7. The van der Waals surface area contributed by atoms with Gasteiger partial charge < -0.3 is 5.32 Å². The van der Waals surface area contributed by atoms with Gasteiger partial charge in [0.1, 0.15) is 11.5 Å². The van der Waals surface area contributed by atoms with Crippen molar-refractivity contribution in [3.8, 4) is 0 Å². The lowest BCUT2D eigenvalue weighted by molar-refractivity contribution is -0.116. The van der Waals surface area contributed by atoms with Gasteiger partial charge in [0.05, 0.1) is 6.04 Å². The van der Waals surface area contributed by atoms with Crippen LogP contribution in [0, 0.1) is 17.2 Å². The third-order valence-electron chi connectivity index (χ3n) is 6.75. The van der Waals surface area contributed by atoms with Gasteiger partial charge in [0.25, 0.3) is 5.91 Å². The topological polar surface area (TPSA) is 44.7 Å². The summed E-state index contributed by atoms with van der Waals surface area (Å²) in [6.45, 7) is 14.0. The summed E-state index contributed by atoms with van der Waals surface area (Å²) in [6, 6.07) is 6.70. The Kier molecular flexibility index (Phi) is 8.87. The highest BCUT2D eigenvalue weighted by Crippen LogP contribution is 2.34. The molecule has 1 heterocycles. The zero-order valence-corrected chi connectivity index (χ0v) is 19.7. The molecule has 2 atom stereocenters. The van der Waals surface area contributed by atoms with Crippen LogP contribution in [0.25, 0.3) is 0 Å². The first-order valence-corrected chi connectivity index (χ1v) is 11.6. The van der Waals surface area contributed by atoms with Gasteiger partial charge in [-0.25, -0.2) is 4.39 Å². The van der Waals surface area contributed by atoms with E-state index in [1.807, 2.05) is 11.1 Å². The van der Waals surface area contributed by atoms with Crippen molar-refractivity contribution in [2.24, 2.45) is 16.4 Å². The molecule has 1 amide bonds. The molecule has 0 saturated carbocycles. The number of nitrogens with one attached hydrogen (secondary N) is 1. The molecule has 168 valence electrons. The van der Waals surface area contributed by atoms with E-state index in [1.54, 1.807) is 12.1 Å². The minimum atomic E-state index is -0.249. The second-order valence-electron chi connectivity index (χ2n) is 9.48. The van der Waals surface area contributed by atoms with Crippen molar-refractivity contribution in [3.63, 3.8) is 0 Å². The molecule has 4 nitrogen and oxygen atoms in total. The average Bonchev–Trinajstić information content (AvgIpc) is 3.12. The second kappa shape index (κ2) is 10.9. The predicted octanol–water partition coefficient (Wildman–Crippen LogP) is 6.09. The van der Waals surface area contributed by atoms with E-state index in [4.69, 9.17) is 5.10 Å². The van der Waals surface area contributed by atoms with Crippen LogP contribution in [0.5, 0.6) is 0 Å². The fraction of sp³-hybridized carbons (Fsp3) is 0.680. The Morgan fingerprint density at radius 1 is 1.27 bits per heavy atom. The lowest BCUT2D eigenvalue weighted by Gasteiger charge is -2.38. The maximum absolute atomic E-state index is 13.8. The van der Waals surface area contributed by atoms with E-state index < -0.39 is 0 Å². The first kappa shape index (κ1) is 24.4. The van der Waals surface area contributed by atoms with Crippen LogP contribution in [0.1, 0.15) is 91.7 Å². The number of carbonyl (C=O) groups is 1. The molecule has 0 saturated heterocycles. The fourth-order valence-corrected chi connectivity index (χ4v) is 3.99. The summed E-state index contributed by atoms with van der Waals surface area (Å²) in [7, 11) is 0. The summed E-state index contributed by atoms with van der Waals surface area (Å²) >= 11 is 0. The van der Waals surface area contributed by atoms with Crippen LogP contribution in [0.4, 0.5) is 4.39 Å². The van der Waals surface area contributed by atoms with Crippen molar-refractivity contribution < 1.29 is 9.18 Å². The SMILES string of the molecule is CCCCCN1N=C(C(=O)N[C@@H](CCC)C(C)(C)C(C)C)CC1c1cccc(F)c1. The largest absolute Gasteiger partial charge is 0.348 e. The number of hydrogen-bond donors (Lipinski definition) is 1. The molecule has 1 aromatic rings. The molecule has 0 bridgehead atoms. The third-order valence-corrected chi connectivity index (χ3v) is 6.75. The van der Waals surface area contributed by atoms with Crippen LogP contribution in [-0.2, 0) is 4.79 Å². The molecule has 2 rings (SSSR count). The second-order valence-corrected chi connectivity index (χ2v) is 9.48. The minimum Gasteiger partial charge on any atom is -0.348 e. The number of halogens is 1. The van der Waals surface area contributed by atoms with Gasteiger partial charge in [0.2, 0.25) is 0 Å². The van der Waals surface area contributed by atoms with Crippen LogP contribution >= 0.6 is 0 Å². The van der Waals surface area contributed by atoms with E-state index in [9.17, 15) is 9.18 Å². The number of hydrazone groups is 1. The molecule has 0 aromatic heterocycles. The van der Waals surface area contributed by atoms with Crippen molar-refractivity contribution in [2.45, 2.75) is 92.2 Å². The quantitative estimate of drug-likeness (QED) is 0.443. The normalized spacial score (nSPS) is 17.9. The number of benzene rings is 1. The summed E-state index contributed by atoms with van der Waals surface area (Å²) in [5.41, 5.74) is 1.43. The van der Waals surface area contributed by atoms with Crippen LogP contribution in [0.15, 0.2) is 29.4 Å². The maximum atomic E-state index is 13.8. The van der Waals surface area contributed by atoms with E-state index in [2.05, 4.69) is 46.9 Å². The number of rotatable bonds is 11. The highest BCUT2D eigenvalue weighted by atomic mass is 19.1.